The maximum Gasteiger partial charge on any atom is 0.235 e. The second kappa shape index (κ2) is 4.02. The first kappa shape index (κ1) is 11.6. The summed E-state index contributed by atoms with van der Waals surface area (Å²) in [4.78, 5) is 12.2. The molecule has 96 valence electrons. The van der Waals surface area contributed by atoms with Crippen LogP contribution < -0.4 is 5.43 Å². The standard InChI is InChI=1S/C15H12O4/c1-8-6-10-12(7-9(8)2)19-15(14(17)13(10)16)11-4-3-5-18-11/h3-7,17H,1-2H3. The molecule has 2 aromatic heterocycles. The fourth-order valence-electron chi connectivity index (χ4n) is 2.02. The molecule has 0 saturated carbocycles. The monoisotopic (exact) mass is 256 g/mol. The lowest BCUT2D eigenvalue weighted by Crippen LogP contribution is -2.03. The molecule has 0 unspecified atom stereocenters. The number of aromatic hydroxyl groups is 1. The summed E-state index contributed by atoms with van der Waals surface area (Å²) >= 11 is 0. The van der Waals surface area contributed by atoms with Crippen molar-refractivity contribution in [3.8, 4) is 17.3 Å². The van der Waals surface area contributed by atoms with E-state index in [1.807, 2.05) is 13.8 Å². The quantitative estimate of drug-likeness (QED) is 0.725. The van der Waals surface area contributed by atoms with Gasteiger partial charge in [0.1, 0.15) is 5.58 Å². The van der Waals surface area contributed by atoms with Crippen molar-refractivity contribution in [2.75, 3.05) is 0 Å². The van der Waals surface area contributed by atoms with E-state index in [4.69, 9.17) is 8.83 Å². The minimum atomic E-state index is -0.448. The zero-order valence-corrected chi connectivity index (χ0v) is 10.6. The molecule has 4 nitrogen and oxygen atoms in total. The normalized spacial score (nSPS) is 11.1. The Bertz CT molecular complexity index is 810. The first-order chi connectivity index (χ1) is 9.08. The molecule has 4 heteroatoms. The van der Waals surface area contributed by atoms with Gasteiger partial charge in [0.15, 0.2) is 5.76 Å². The van der Waals surface area contributed by atoms with Crippen molar-refractivity contribution < 1.29 is 13.9 Å². The van der Waals surface area contributed by atoms with Crippen molar-refractivity contribution in [1.29, 1.82) is 0 Å². The van der Waals surface area contributed by atoms with Gasteiger partial charge in [-0.2, -0.15) is 0 Å². The summed E-state index contributed by atoms with van der Waals surface area (Å²) in [5.74, 6) is -0.0359. The molecule has 3 aromatic rings. The zero-order chi connectivity index (χ0) is 13.6. The van der Waals surface area contributed by atoms with E-state index in [1.165, 1.54) is 6.26 Å². The number of hydrogen-bond donors (Lipinski definition) is 1. The second-order valence-corrected chi connectivity index (χ2v) is 4.52. The lowest BCUT2D eigenvalue weighted by atomic mass is 10.1. The van der Waals surface area contributed by atoms with Crippen LogP contribution in [-0.2, 0) is 0 Å². The van der Waals surface area contributed by atoms with Crippen LogP contribution in [0.1, 0.15) is 11.1 Å². The number of furan rings is 1. The highest BCUT2D eigenvalue weighted by atomic mass is 16.4. The summed E-state index contributed by atoms with van der Waals surface area (Å²) in [6.07, 6.45) is 1.46. The number of fused-ring (bicyclic) bond motifs is 1. The molecule has 1 aromatic carbocycles. The van der Waals surface area contributed by atoms with E-state index in [1.54, 1.807) is 24.3 Å². The molecule has 3 rings (SSSR count). The van der Waals surface area contributed by atoms with Gasteiger partial charge in [0.25, 0.3) is 0 Å². The molecule has 0 aliphatic heterocycles. The van der Waals surface area contributed by atoms with Gasteiger partial charge in [-0.15, -0.1) is 0 Å². The van der Waals surface area contributed by atoms with Gasteiger partial charge in [-0.1, -0.05) is 0 Å². The molecule has 0 spiro atoms. The molecule has 0 radical (unpaired) electrons. The van der Waals surface area contributed by atoms with Crippen molar-refractivity contribution in [3.63, 3.8) is 0 Å². The number of hydrogen-bond acceptors (Lipinski definition) is 4. The molecule has 0 bridgehead atoms. The summed E-state index contributed by atoms with van der Waals surface area (Å²) in [5, 5.41) is 10.3. The fourth-order valence-corrected chi connectivity index (χ4v) is 2.02. The molecule has 0 aliphatic rings. The first-order valence-electron chi connectivity index (χ1n) is 5.89. The number of aryl methyl sites for hydroxylation is 2. The van der Waals surface area contributed by atoms with Gasteiger partial charge >= 0.3 is 0 Å². The van der Waals surface area contributed by atoms with Gasteiger partial charge in [0.05, 0.1) is 11.6 Å². The van der Waals surface area contributed by atoms with Gasteiger partial charge in [0, 0.05) is 0 Å². The molecule has 0 atom stereocenters. The van der Waals surface area contributed by atoms with Crippen LogP contribution in [-0.4, -0.2) is 5.11 Å². The molecule has 0 amide bonds. The molecule has 19 heavy (non-hydrogen) atoms. The smallest absolute Gasteiger partial charge is 0.235 e. The third-order valence-corrected chi connectivity index (χ3v) is 3.23. The Morgan fingerprint density at radius 3 is 2.58 bits per heavy atom. The highest BCUT2D eigenvalue weighted by Crippen LogP contribution is 2.30. The van der Waals surface area contributed by atoms with E-state index in [0.717, 1.165) is 11.1 Å². The molecule has 0 saturated heterocycles. The number of rotatable bonds is 1. The Morgan fingerprint density at radius 1 is 1.16 bits per heavy atom. The maximum atomic E-state index is 12.2. The predicted molar refractivity (Wildman–Crippen MR) is 71.3 cm³/mol. The molecular formula is C15H12O4. The Labute approximate surface area is 108 Å². The molecular weight excluding hydrogens is 244 g/mol. The summed E-state index contributed by atoms with van der Waals surface area (Å²) in [5.41, 5.74) is 1.99. The van der Waals surface area contributed by atoms with E-state index >= 15 is 0 Å². The lowest BCUT2D eigenvalue weighted by molar-refractivity contribution is 0.439. The van der Waals surface area contributed by atoms with E-state index in [0.29, 0.717) is 16.7 Å². The van der Waals surface area contributed by atoms with Crippen molar-refractivity contribution in [2.24, 2.45) is 0 Å². The summed E-state index contributed by atoms with van der Waals surface area (Å²) in [7, 11) is 0. The summed E-state index contributed by atoms with van der Waals surface area (Å²) < 4.78 is 10.8. The van der Waals surface area contributed by atoms with Crippen molar-refractivity contribution >= 4 is 11.0 Å². The van der Waals surface area contributed by atoms with Crippen LogP contribution in [0.2, 0.25) is 0 Å². The number of benzene rings is 1. The van der Waals surface area contributed by atoms with Gasteiger partial charge in [0.2, 0.25) is 16.9 Å². The predicted octanol–water partition coefficient (Wildman–Crippen LogP) is 3.38. The van der Waals surface area contributed by atoms with Crippen LogP contribution in [0.4, 0.5) is 0 Å². The van der Waals surface area contributed by atoms with Crippen LogP contribution in [0, 0.1) is 13.8 Å². The Morgan fingerprint density at radius 2 is 1.89 bits per heavy atom. The van der Waals surface area contributed by atoms with Crippen molar-refractivity contribution in [2.45, 2.75) is 13.8 Å². The van der Waals surface area contributed by atoms with Crippen LogP contribution >= 0.6 is 0 Å². The van der Waals surface area contributed by atoms with Crippen molar-refractivity contribution in [3.05, 3.63) is 51.9 Å². The van der Waals surface area contributed by atoms with Crippen molar-refractivity contribution in [1.82, 2.24) is 0 Å². The average Bonchev–Trinajstić information content (AvgIpc) is 2.90. The van der Waals surface area contributed by atoms with E-state index < -0.39 is 11.2 Å². The lowest BCUT2D eigenvalue weighted by Gasteiger charge is -2.06. The molecule has 1 N–H and O–H groups in total. The topological polar surface area (TPSA) is 63.6 Å². The molecule has 2 heterocycles. The zero-order valence-electron chi connectivity index (χ0n) is 10.6. The molecule has 0 aliphatic carbocycles. The fraction of sp³-hybridized carbons (Fsp3) is 0.133. The Balaban J connectivity index is 2.42. The van der Waals surface area contributed by atoms with Gasteiger partial charge in [-0.25, -0.2) is 0 Å². The SMILES string of the molecule is Cc1cc2oc(-c3ccco3)c(O)c(=O)c2cc1C. The minimum absolute atomic E-state index is 0.0609. The Kier molecular flexibility index (Phi) is 2.45. The minimum Gasteiger partial charge on any atom is -0.501 e. The highest BCUT2D eigenvalue weighted by molar-refractivity contribution is 5.82. The van der Waals surface area contributed by atoms with Crippen LogP contribution in [0.5, 0.6) is 5.75 Å². The Hall–Kier alpha value is -2.49. The average molecular weight is 256 g/mol. The van der Waals surface area contributed by atoms with Crippen LogP contribution in [0.15, 0.2) is 44.2 Å². The van der Waals surface area contributed by atoms with E-state index in [9.17, 15) is 9.90 Å². The summed E-state index contributed by atoms with van der Waals surface area (Å²) in [6.45, 7) is 3.85. The third kappa shape index (κ3) is 1.73. The van der Waals surface area contributed by atoms with E-state index in [-0.39, 0.29) is 5.76 Å². The summed E-state index contributed by atoms with van der Waals surface area (Å²) in [6, 6.07) is 6.81. The highest BCUT2D eigenvalue weighted by Gasteiger charge is 2.17. The van der Waals surface area contributed by atoms with Gasteiger partial charge in [-0.05, 0) is 49.2 Å². The van der Waals surface area contributed by atoms with E-state index in [2.05, 4.69) is 0 Å². The third-order valence-electron chi connectivity index (χ3n) is 3.23. The largest absolute Gasteiger partial charge is 0.501 e. The van der Waals surface area contributed by atoms with Gasteiger partial charge in [-0.3, -0.25) is 4.79 Å². The van der Waals surface area contributed by atoms with Crippen LogP contribution in [0.25, 0.3) is 22.5 Å². The van der Waals surface area contributed by atoms with Crippen LogP contribution in [0.3, 0.4) is 0 Å². The first-order valence-corrected chi connectivity index (χ1v) is 5.89. The second-order valence-electron chi connectivity index (χ2n) is 4.52. The van der Waals surface area contributed by atoms with Gasteiger partial charge < -0.3 is 13.9 Å². The maximum absolute atomic E-state index is 12.2. The molecule has 0 fully saturated rings.